The van der Waals surface area contributed by atoms with Gasteiger partial charge in [-0.2, -0.15) is 0 Å². The second-order valence-electron chi connectivity index (χ2n) is 10.00. The number of pyridine rings is 1. The molecule has 0 radical (unpaired) electrons. The standard InChI is InChI=1S/C25H37N5O5P/c1-8-33-14-20-28-21-22(17-11-9-10-12-18(17)27-23(21)26)30(20)19(15(2)3)13-34-36(32)29-16(4)24(31)35-25(5,6)7/h9-12,15-16,19H,8,13-14H2,1-7H3,(H2,26,27)(H,29,32)/q+1. The van der Waals surface area contributed by atoms with E-state index < -0.39 is 25.8 Å². The van der Waals surface area contributed by atoms with Crippen molar-refractivity contribution in [2.45, 2.75) is 72.8 Å². The zero-order valence-electron chi connectivity index (χ0n) is 22.1. The Morgan fingerprint density at radius 2 is 1.89 bits per heavy atom. The lowest BCUT2D eigenvalue weighted by Crippen LogP contribution is -2.36. The van der Waals surface area contributed by atoms with E-state index in [1.165, 1.54) is 0 Å². The maximum atomic E-state index is 12.7. The van der Waals surface area contributed by atoms with Crippen LogP contribution < -0.4 is 10.8 Å². The Hall–Kier alpha value is -2.65. The molecule has 0 bridgehead atoms. The van der Waals surface area contributed by atoms with Gasteiger partial charge in [0.05, 0.1) is 17.1 Å². The zero-order chi connectivity index (χ0) is 26.6. The molecule has 10 nitrogen and oxygen atoms in total. The minimum Gasteiger partial charge on any atom is -0.459 e. The molecule has 3 aromatic rings. The van der Waals surface area contributed by atoms with Crippen LogP contribution in [0, 0.1) is 5.92 Å². The Labute approximate surface area is 212 Å². The first-order chi connectivity index (χ1) is 16.9. The van der Waals surface area contributed by atoms with E-state index >= 15 is 0 Å². The van der Waals surface area contributed by atoms with Gasteiger partial charge in [0.25, 0.3) is 0 Å². The predicted molar refractivity (Wildman–Crippen MR) is 141 cm³/mol. The average molecular weight is 519 g/mol. The van der Waals surface area contributed by atoms with Crippen molar-refractivity contribution in [3.8, 4) is 0 Å². The first-order valence-corrected chi connectivity index (χ1v) is 13.3. The summed E-state index contributed by atoms with van der Waals surface area (Å²) in [6.07, 6.45) is 0. The van der Waals surface area contributed by atoms with E-state index in [1.807, 2.05) is 31.2 Å². The van der Waals surface area contributed by atoms with Crippen LogP contribution in [0.4, 0.5) is 5.82 Å². The van der Waals surface area contributed by atoms with Gasteiger partial charge in [0.15, 0.2) is 5.82 Å². The van der Waals surface area contributed by atoms with E-state index in [1.54, 1.807) is 27.7 Å². The van der Waals surface area contributed by atoms with E-state index in [-0.39, 0.29) is 25.2 Å². The third kappa shape index (κ3) is 6.56. The number of para-hydroxylation sites is 1. The molecule has 0 aliphatic carbocycles. The number of benzene rings is 1. The van der Waals surface area contributed by atoms with Crippen molar-refractivity contribution < 1.29 is 23.4 Å². The highest BCUT2D eigenvalue weighted by Gasteiger charge is 2.33. The summed E-state index contributed by atoms with van der Waals surface area (Å²) in [4.78, 5) is 21.6. The highest BCUT2D eigenvalue weighted by atomic mass is 31.1. The van der Waals surface area contributed by atoms with E-state index in [2.05, 4.69) is 28.5 Å². The Morgan fingerprint density at radius 3 is 2.53 bits per heavy atom. The van der Waals surface area contributed by atoms with Crippen molar-refractivity contribution in [3.63, 3.8) is 0 Å². The third-order valence-electron chi connectivity index (χ3n) is 5.59. The first kappa shape index (κ1) is 27.9. The number of ether oxygens (including phenoxy) is 2. The maximum Gasteiger partial charge on any atom is 0.613 e. The van der Waals surface area contributed by atoms with Gasteiger partial charge < -0.3 is 19.8 Å². The molecule has 0 spiro atoms. The molecule has 3 unspecified atom stereocenters. The van der Waals surface area contributed by atoms with Gasteiger partial charge >= 0.3 is 14.1 Å². The number of rotatable bonds is 11. The van der Waals surface area contributed by atoms with E-state index in [0.29, 0.717) is 23.8 Å². The molecule has 3 atom stereocenters. The van der Waals surface area contributed by atoms with Gasteiger partial charge in [0.2, 0.25) is 0 Å². The number of imidazole rings is 1. The van der Waals surface area contributed by atoms with Crippen LogP contribution in [0.25, 0.3) is 21.9 Å². The summed E-state index contributed by atoms with van der Waals surface area (Å²) in [5.41, 5.74) is 7.85. The van der Waals surface area contributed by atoms with Gasteiger partial charge in [-0.3, -0.25) is 4.79 Å². The van der Waals surface area contributed by atoms with Gasteiger partial charge in [-0.05, 0) is 51.2 Å². The topological polar surface area (TPSA) is 131 Å². The fraction of sp³-hybridized carbons (Fsp3) is 0.560. The van der Waals surface area contributed by atoms with Crippen LogP contribution in [-0.4, -0.2) is 45.4 Å². The molecule has 0 aliphatic heterocycles. The van der Waals surface area contributed by atoms with Crippen LogP contribution in [0.2, 0.25) is 0 Å². The quantitative estimate of drug-likeness (QED) is 0.269. The Balaban J connectivity index is 1.93. The highest BCUT2D eigenvalue weighted by Crippen LogP contribution is 2.35. The van der Waals surface area contributed by atoms with Crippen molar-refractivity contribution in [3.05, 3.63) is 30.1 Å². The molecule has 0 saturated heterocycles. The molecule has 0 saturated carbocycles. The Morgan fingerprint density at radius 1 is 1.19 bits per heavy atom. The number of carbonyl (C=O) groups is 1. The molecule has 0 amide bonds. The second kappa shape index (κ2) is 11.6. The molecule has 196 valence electrons. The number of nitrogen functional groups attached to an aromatic ring is 1. The lowest BCUT2D eigenvalue weighted by molar-refractivity contribution is -0.156. The van der Waals surface area contributed by atoms with E-state index in [0.717, 1.165) is 16.4 Å². The van der Waals surface area contributed by atoms with Gasteiger partial charge in [-0.15, -0.1) is 4.52 Å². The summed E-state index contributed by atoms with van der Waals surface area (Å²) in [6, 6.07) is 6.71. The lowest BCUT2D eigenvalue weighted by atomic mass is 10.0. The number of nitrogens with zero attached hydrogens (tertiary/aromatic N) is 3. The molecule has 2 aromatic heterocycles. The number of esters is 1. The maximum absolute atomic E-state index is 12.7. The predicted octanol–water partition coefficient (Wildman–Crippen LogP) is 4.89. The van der Waals surface area contributed by atoms with Crippen molar-refractivity contribution in [2.75, 3.05) is 18.9 Å². The minimum absolute atomic E-state index is 0.0857. The average Bonchev–Trinajstić information content (AvgIpc) is 3.16. The summed E-state index contributed by atoms with van der Waals surface area (Å²) >= 11 is 0. The van der Waals surface area contributed by atoms with Gasteiger partial charge in [-0.1, -0.05) is 37.1 Å². The van der Waals surface area contributed by atoms with Gasteiger partial charge in [0.1, 0.15) is 36.2 Å². The fourth-order valence-corrected chi connectivity index (χ4v) is 4.65. The summed E-state index contributed by atoms with van der Waals surface area (Å²) in [7, 11) is -2.33. The normalized spacial score (nSPS) is 14.4. The van der Waals surface area contributed by atoms with Crippen LogP contribution in [0.5, 0.6) is 0 Å². The summed E-state index contributed by atoms with van der Waals surface area (Å²) in [6.45, 7) is 13.9. The minimum atomic E-state index is -2.33. The van der Waals surface area contributed by atoms with E-state index in [4.69, 9.17) is 24.7 Å². The zero-order valence-corrected chi connectivity index (χ0v) is 23.0. The van der Waals surface area contributed by atoms with Crippen molar-refractivity contribution in [1.29, 1.82) is 0 Å². The molecule has 0 fully saturated rings. The SMILES string of the molecule is CCOCc1nc2c(N)nc3ccccc3c2n1C(CO[P+](=O)NC(C)C(=O)OC(C)(C)C)C(C)C. The summed E-state index contributed by atoms with van der Waals surface area (Å²) in [5.74, 6) is 0.610. The van der Waals surface area contributed by atoms with Crippen LogP contribution in [0.15, 0.2) is 24.3 Å². The molecule has 11 heteroatoms. The number of aromatic nitrogens is 3. The van der Waals surface area contributed by atoms with Crippen LogP contribution in [0.3, 0.4) is 0 Å². The molecule has 3 rings (SSSR count). The second-order valence-corrected chi connectivity index (χ2v) is 11.0. The number of hydrogen-bond acceptors (Lipinski definition) is 8. The largest absolute Gasteiger partial charge is 0.613 e. The molecule has 3 N–H and O–H groups in total. The van der Waals surface area contributed by atoms with Crippen LogP contribution in [-0.2, 0) is 30.0 Å². The molecule has 0 aliphatic rings. The first-order valence-electron chi connectivity index (χ1n) is 12.1. The molecular weight excluding hydrogens is 481 g/mol. The van der Waals surface area contributed by atoms with Crippen molar-refractivity contribution >= 4 is 41.9 Å². The Bertz CT molecular complexity index is 1240. The number of nitrogens with one attached hydrogen (secondary N) is 1. The lowest BCUT2D eigenvalue weighted by Gasteiger charge is -2.24. The summed E-state index contributed by atoms with van der Waals surface area (Å²) in [5, 5.41) is 3.61. The highest BCUT2D eigenvalue weighted by molar-refractivity contribution is 7.36. The van der Waals surface area contributed by atoms with Crippen LogP contribution >= 0.6 is 8.18 Å². The molecule has 1 aromatic carbocycles. The fourth-order valence-electron chi connectivity index (χ4n) is 3.87. The molecular formula is C25H37N5O5P+. The molecule has 36 heavy (non-hydrogen) atoms. The van der Waals surface area contributed by atoms with Crippen LogP contribution in [0.1, 0.15) is 60.3 Å². The third-order valence-corrected chi connectivity index (χ3v) is 6.57. The van der Waals surface area contributed by atoms with Gasteiger partial charge in [-0.25, -0.2) is 9.97 Å². The number of hydrogen-bond donors (Lipinski definition) is 2. The number of anilines is 1. The summed E-state index contributed by atoms with van der Waals surface area (Å²) < 4.78 is 31.6. The van der Waals surface area contributed by atoms with Crippen molar-refractivity contribution in [1.82, 2.24) is 19.6 Å². The molecule has 2 heterocycles. The van der Waals surface area contributed by atoms with E-state index in [9.17, 15) is 9.36 Å². The number of fused-ring (bicyclic) bond motifs is 3. The monoisotopic (exact) mass is 518 g/mol. The van der Waals surface area contributed by atoms with Crippen molar-refractivity contribution in [2.24, 2.45) is 5.92 Å². The number of nitrogens with two attached hydrogens (primary N) is 1. The van der Waals surface area contributed by atoms with Gasteiger partial charge in [0, 0.05) is 12.0 Å². The smallest absolute Gasteiger partial charge is 0.459 e. The number of carbonyl (C=O) groups excluding carboxylic acids is 1. The Kier molecular flexibility index (Phi) is 9.00.